The summed E-state index contributed by atoms with van der Waals surface area (Å²) in [5.74, 6) is 0. The molecule has 1 aromatic heterocycles. The Hall–Kier alpha value is -0.340. The minimum absolute atomic E-state index is 0.291. The molecule has 0 atom stereocenters. The molecule has 1 aliphatic carbocycles. The Morgan fingerprint density at radius 2 is 1.93 bits per heavy atom. The maximum Gasteiger partial charge on any atom is 0.0479 e. The second kappa shape index (κ2) is 4.94. The van der Waals surface area contributed by atoms with Crippen LogP contribution in [0.4, 0.5) is 0 Å². The van der Waals surface area contributed by atoms with Crippen molar-refractivity contribution in [3.05, 3.63) is 21.4 Å². The Balaban J connectivity index is 2.14. The van der Waals surface area contributed by atoms with Crippen LogP contribution in [0.15, 0.2) is 6.07 Å². The van der Waals surface area contributed by atoms with Gasteiger partial charge in [-0.2, -0.15) is 0 Å². The van der Waals surface area contributed by atoms with Crippen LogP contribution in [0, 0.1) is 0 Å². The summed E-state index contributed by atoms with van der Waals surface area (Å²) < 4.78 is 0. The fraction of sp³-hybridized carbons (Fsp3) is 0.667. The van der Waals surface area contributed by atoms with Gasteiger partial charge in [0.05, 0.1) is 0 Å². The van der Waals surface area contributed by atoms with Gasteiger partial charge >= 0.3 is 0 Å². The van der Waals surface area contributed by atoms with Gasteiger partial charge in [-0.1, -0.05) is 12.8 Å². The summed E-state index contributed by atoms with van der Waals surface area (Å²) in [5, 5.41) is 8.90. The molecule has 1 nitrogen and oxygen atoms in total. The van der Waals surface area contributed by atoms with E-state index in [1.165, 1.54) is 43.4 Å². The average Bonchev–Trinajstić information content (AvgIpc) is 2.48. The van der Waals surface area contributed by atoms with Gasteiger partial charge in [0.25, 0.3) is 0 Å². The maximum absolute atomic E-state index is 8.90. The number of rotatable bonds is 2. The molecule has 0 aliphatic heterocycles. The highest BCUT2D eigenvalue weighted by Gasteiger charge is 2.10. The van der Waals surface area contributed by atoms with Crippen molar-refractivity contribution < 1.29 is 5.11 Å². The van der Waals surface area contributed by atoms with Crippen LogP contribution >= 0.6 is 11.3 Å². The fourth-order valence-corrected chi connectivity index (χ4v) is 3.39. The SMILES string of the molecule is OCCc1cc2c(s1)CCCCCC2. The Morgan fingerprint density at radius 1 is 1.14 bits per heavy atom. The number of thiophene rings is 1. The highest BCUT2D eigenvalue weighted by atomic mass is 32.1. The zero-order valence-corrected chi connectivity index (χ0v) is 9.41. The van der Waals surface area contributed by atoms with Crippen LogP contribution < -0.4 is 0 Å². The van der Waals surface area contributed by atoms with Crippen molar-refractivity contribution in [2.24, 2.45) is 0 Å². The van der Waals surface area contributed by atoms with E-state index in [9.17, 15) is 0 Å². The van der Waals surface area contributed by atoms with Crippen LogP contribution in [-0.4, -0.2) is 11.7 Å². The quantitative estimate of drug-likeness (QED) is 0.795. The van der Waals surface area contributed by atoms with Gasteiger partial charge < -0.3 is 5.11 Å². The van der Waals surface area contributed by atoms with Crippen molar-refractivity contribution in [3.8, 4) is 0 Å². The lowest BCUT2D eigenvalue weighted by atomic mass is 9.99. The topological polar surface area (TPSA) is 20.2 Å². The van der Waals surface area contributed by atoms with Crippen molar-refractivity contribution in [1.82, 2.24) is 0 Å². The molecule has 78 valence electrons. The summed E-state index contributed by atoms with van der Waals surface area (Å²) in [6, 6.07) is 2.32. The number of fused-ring (bicyclic) bond motifs is 1. The highest BCUT2D eigenvalue weighted by Crippen LogP contribution is 2.28. The molecule has 0 radical (unpaired) electrons. The van der Waals surface area contributed by atoms with E-state index in [0.717, 1.165) is 6.42 Å². The van der Waals surface area contributed by atoms with E-state index in [0.29, 0.717) is 6.61 Å². The molecule has 0 unspecified atom stereocenters. The number of hydrogen-bond acceptors (Lipinski definition) is 2. The second-order valence-electron chi connectivity index (χ2n) is 4.05. The van der Waals surface area contributed by atoms with Crippen LogP contribution in [0.2, 0.25) is 0 Å². The lowest BCUT2D eigenvalue weighted by molar-refractivity contribution is 0.300. The van der Waals surface area contributed by atoms with Crippen LogP contribution in [0.5, 0.6) is 0 Å². The molecule has 2 heteroatoms. The Kier molecular flexibility index (Phi) is 3.60. The summed E-state index contributed by atoms with van der Waals surface area (Å²) in [4.78, 5) is 2.97. The predicted molar refractivity (Wildman–Crippen MR) is 61.0 cm³/mol. The van der Waals surface area contributed by atoms with Gasteiger partial charge in [-0.3, -0.25) is 0 Å². The zero-order valence-electron chi connectivity index (χ0n) is 8.59. The molecule has 1 aliphatic rings. The summed E-state index contributed by atoms with van der Waals surface area (Å²) in [6.07, 6.45) is 8.87. The average molecular weight is 210 g/mol. The van der Waals surface area contributed by atoms with Gasteiger partial charge in [0, 0.05) is 22.8 Å². The lowest BCUT2D eigenvalue weighted by Crippen LogP contribution is -1.94. The number of aliphatic hydroxyl groups is 1. The molecule has 0 bridgehead atoms. The molecular weight excluding hydrogens is 192 g/mol. The smallest absolute Gasteiger partial charge is 0.0479 e. The lowest BCUT2D eigenvalue weighted by Gasteiger charge is -2.07. The molecule has 0 saturated heterocycles. The Morgan fingerprint density at radius 3 is 2.71 bits per heavy atom. The third-order valence-corrected chi connectivity index (χ3v) is 4.20. The second-order valence-corrected chi connectivity index (χ2v) is 5.27. The molecule has 0 amide bonds. The molecule has 1 N–H and O–H groups in total. The van der Waals surface area contributed by atoms with E-state index in [1.54, 1.807) is 10.4 Å². The summed E-state index contributed by atoms with van der Waals surface area (Å²) in [5.41, 5.74) is 1.57. The first-order valence-corrected chi connectivity index (χ1v) is 6.43. The first-order chi connectivity index (χ1) is 6.90. The summed E-state index contributed by atoms with van der Waals surface area (Å²) in [6.45, 7) is 0.291. The van der Waals surface area contributed by atoms with Crippen LogP contribution in [0.25, 0.3) is 0 Å². The van der Waals surface area contributed by atoms with Gasteiger partial charge in [0.1, 0.15) is 0 Å². The van der Waals surface area contributed by atoms with Crippen molar-refractivity contribution in [1.29, 1.82) is 0 Å². The van der Waals surface area contributed by atoms with Crippen LogP contribution in [0.1, 0.15) is 41.0 Å². The van der Waals surface area contributed by atoms with Gasteiger partial charge in [0.2, 0.25) is 0 Å². The van der Waals surface area contributed by atoms with E-state index < -0.39 is 0 Å². The largest absolute Gasteiger partial charge is 0.396 e. The molecule has 14 heavy (non-hydrogen) atoms. The molecule has 0 fully saturated rings. The first-order valence-electron chi connectivity index (χ1n) is 5.61. The first kappa shape index (κ1) is 10.2. The van der Waals surface area contributed by atoms with Crippen molar-refractivity contribution in [2.75, 3.05) is 6.61 Å². The van der Waals surface area contributed by atoms with E-state index in [2.05, 4.69) is 6.07 Å². The summed E-state index contributed by atoms with van der Waals surface area (Å²) in [7, 11) is 0. The standard InChI is InChI=1S/C12H18OS/c13-8-7-11-9-10-5-3-1-2-4-6-12(10)14-11/h9,13H,1-8H2. The predicted octanol–water partition coefficient (Wildman–Crippen LogP) is 2.94. The Bertz CT molecular complexity index is 265. The van der Waals surface area contributed by atoms with Crippen molar-refractivity contribution in [3.63, 3.8) is 0 Å². The number of aliphatic hydroxyl groups excluding tert-OH is 1. The van der Waals surface area contributed by atoms with Gasteiger partial charge in [-0.25, -0.2) is 0 Å². The van der Waals surface area contributed by atoms with E-state index >= 15 is 0 Å². The van der Waals surface area contributed by atoms with Gasteiger partial charge in [0.15, 0.2) is 0 Å². The van der Waals surface area contributed by atoms with Crippen LogP contribution in [-0.2, 0) is 19.3 Å². The molecule has 0 spiro atoms. The minimum Gasteiger partial charge on any atom is -0.396 e. The normalized spacial score (nSPS) is 17.2. The highest BCUT2D eigenvalue weighted by molar-refractivity contribution is 7.12. The van der Waals surface area contributed by atoms with Crippen LogP contribution in [0.3, 0.4) is 0 Å². The third kappa shape index (κ3) is 2.37. The third-order valence-electron chi connectivity index (χ3n) is 2.91. The van der Waals surface area contributed by atoms with Crippen molar-refractivity contribution >= 4 is 11.3 Å². The monoisotopic (exact) mass is 210 g/mol. The van der Waals surface area contributed by atoms with Crippen molar-refractivity contribution in [2.45, 2.75) is 44.9 Å². The number of hydrogen-bond donors (Lipinski definition) is 1. The number of aryl methyl sites for hydroxylation is 2. The molecule has 0 aromatic carbocycles. The van der Waals surface area contributed by atoms with E-state index in [1.807, 2.05) is 11.3 Å². The van der Waals surface area contributed by atoms with Gasteiger partial charge in [-0.15, -0.1) is 11.3 Å². The zero-order chi connectivity index (χ0) is 9.80. The van der Waals surface area contributed by atoms with E-state index in [4.69, 9.17) is 5.11 Å². The molecule has 1 heterocycles. The molecule has 1 aromatic rings. The van der Waals surface area contributed by atoms with E-state index in [-0.39, 0.29) is 0 Å². The summed E-state index contributed by atoms with van der Waals surface area (Å²) >= 11 is 1.92. The fourth-order valence-electron chi connectivity index (χ4n) is 2.14. The van der Waals surface area contributed by atoms with Gasteiger partial charge in [-0.05, 0) is 37.3 Å². The minimum atomic E-state index is 0.291. The molecule has 2 rings (SSSR count). The molecular formula is C12H18OS. The Labute approximate surface area is 89.8 Å². The maximum atomic E-state index is 8.90. The molecule has 0 saturated carbocycles.